The van der Waals surface area contributed by atoms with Gasteiger partial charge in [-0.1, -0.05) is 12.1 Å². The molecule has 2 heterocycles. The van der Waals surface area contributed by atoms with Crippen LogP contribution in [0.3, 0.4) is 0 Å². The van der Waals surface area contributed by atoms with E-state index in [1.165, 1.54) is 11.3 Å². The number of thiazole rings is 1. The van der Waals surface area contributed by atoms with Crippen molar-refractivity contribution in [1.29, 1.82) is 0 Å². The van der Waals surface area contributed by atoms with Gasteiger partial charge in [0.15, 0.2) is 16.6 Å². The molecule has 132 valence electrons. The number of anilines is 2. The number of nitrogens with one attached hydrogen (secondary N) is 2. The average molecular weight is 369 g/mol. The summed E-state index contributed by atoms with van der Waals surface area (Å²) in [5.41, 5.74) is 2.23. The third kappa shape index (κ3) is 3.27. The van der Waals surface area contributed by atoms with Crippen LogP contribution in [0, 0.1) is 0 Å². The van der Waals surface area contributed by atoms with Crippen LogP contribution in [0.15, 0.2) is 47.8 Å². The quantitative estimate of drug-likeness (QED) is 0.721. The Morgan fingerprint density at radius 3 is 2.88 bits per heavy atom. The highest BCUT2D eigenvalue weighted by atomic mass is 32.1. The largest absolute Gasteiger partial charge is 0.495 e. The number of urea groups is 1. The van der Waals surface area contributed by atoms with Crippen molar-refractivity contribution >= 4 is 28.2 Å². The van der Waals surface area contributed by atoms with Crippen molar-refractivity contribution in [3.63, 3.8) is 0 Å². The lowest BCUT2D eigenvalue weighted by Gasteiger charge is -2.09. The van der Waals surface area contributed by atoms with Gasteiger partial charge in [-0.15, -0.1) is 11.3 Å². The number of ether oxygens (including phenoxy) is 3. The molecule has 0 atom stereocenters. The molecule has 7 nitrogen and oxygen atoms in total. The van der Waals surface area contributed by atoms with Crippen LogP contribution >= 0.6 is 11.3 Å². The van der Waals surface area contributed by atoms with E-state index in [4.69, 9.17) is 14.2 Å². The first-order chi connectivity index (χ1) is 12.7. The Kier molecular flexibility index (Phi) is 4.32. The van der Waals surface area contributed by atoms with Crippen LogP contribution in [-0.4, -0.2) is 24.9 Å². The molecule has 2 aromatic carbocycles. The summed E-state index contributed by atoms with van der Waals surface area (Å²) in [7, 11) is 1.55. The highest BCUT2D eigenvalue weighted by Gasteiger charge is 2.15. The molecular formula is C18H15N3O4S. The van der Waals surface area contributed by atoms with E-state index < -0.39 is 0 Å². The molecule has 0 saturated carbocycles. The Bertz CT molecular complexity index is 957. The van der Waals surface area contributed by atoms with E-state index in [9.17, 15) is 4.79 Å². The Hall–Kier alpha value is -3.26. The van der Waals surface area contributed by atoms with Crippen LogP contribution in [0.5, 0.6) is 17.2 Å². The second-order valence-corrected chi connectivity index (χ2v) is 6.24. The van der Waals surface area contributed by atoms with E-state index >= 15 is 0 Å². The number of benzene rings is 2. The van der Waals surface area contributed by atoms with Gasteiger partial charge in [-0.25, -0.2) is 9.78 Å². The fourth-order valence-electron chi connectivity index (χ4n) is 2.52. The van der Waals surface area contributed by atoms with Crippen molar-refractivity contribution in [2.24, 2.45) is 0 Å². The first kappa shape index (κ1) is 16.2. The molecule has 0 unspecified atom stereocenters. The first-order valence-corrected chi connectivity index (χ1v) is 8.67. The molecule has 2 amide bonds. The van der Waals surface area contributed by atoms with Crippen LogP contribution in [0.4, 0.5) is 15.6 Å². The van der Waals surface area contributed by atoms with Gasteiger partial charge < -0.3 is 19.5 Å². The molecule has 1 aromatic heterocycles. The summed E-state index contributed by atoms with van der Waals surface area (Å²) < 4.78 is 15.9. The molecule has 3 aromatic rings. The van der Waals surface area contributed by atoms with Crippen molar-refractivity contribution in [1.82, 2.24) is 4.98 Å². The minimum atomic E-state index is -0.388. The standard InChI is InChI=1S/C18H15N3O4S/c1-23-14-5-3-2-4-12(14)19-17(22)21-18-20-13(9-26-18)11-6-7-15-16(8-11)25-10-24-15/h2-9H,10H2,1H3,(H2,19,20,21,22). The molecule has 1 aliphatic rings. The number of fused-ring (bicyclic) bond motifs is 1. The van der Waals surface area contributed by atoms with Gasteiger partial charge >= 0.3 is 6.03 Å². The van der Waals surface area contributed by atoms with E-state index in [-0.39, 0.29) is 12.8 Å². The van der Waals surface area contributed by atoms with Gasteiger partial charge in [0, 0.05) is 10.9 Å². The lowest BCUT2D eigenvalue weighted by molar-refractivity contribution is 0.174. The summed E-state index contributed by atoms with van der Waals surface area (Å²) in [5, 5.41) is 7.84. The topological polar surface area (TPSA) is 81.7 Å². The number of aromatic nitrogens is 1. The molecule has 1 aliphatic heterocycles. The predicted molar refractivity (Wildman–Crippen MR) is 99.3 cm³/mol. The summed E-state index contributed by atoms with van der Waals surface area (Å²) in [6, 6.07) is 12.4. The number of rotatable bonds is 4. The van der Waals surface area contributed by atoms with Gasteiger partial charge in [-0.2, -0.15) is 0 Å². The second kappa shape index (κ2) is 6.93. The lowest BCUT2D eigenvalue weighted by atomic mass is 10.1. The number of hydrogen-bond donors (Lipinski definition) is 2. The maximum Gasteiger partial charge on any atom is 0.325 e. The number of carbonyl (C=O) groups is 1. The summed E-state index contributed by atoms with van der Waals surface area (Å²) in [4.78, 5) is 16.7. The molecule has 0 aliphatic carbocycles. The van der Waals surface area contributed by atoms with Crippen LogP contribution < -0.4 is 24.8 Å². The number of amides is 2. The SMILES string of the molecule is COc1ccccc1NC(=O)Nc1nc(-c2ccc3c(c2)OCO3)cs1. The first-order valence-electron chi connectivity index (χ1n) is 7.79. The lowest BCUT2D eigenvalue weighted by Crippen LogP contribution is -2.19. The average Bonchev–Trinajstić information content (AvgIpc) is 3.30. The molecule has 0 bridgehead atoms. The van der Waals surface area contributed by atoms with Crippen molar-refractivity contribution in [2.45, 2.75) is 0 Å². The van der Waals surface area contributed by atoms with E-state index in [1.54, 1.807) is 19.2 Å². The van der Waals surface area contributed by atoms with E-state index in [1.807, 2.05) is 35.7 Å². The van der Waals surface area contributed by atoms with Crippen LogP contribution in [0.25, 0.3) is 11.3 Å². The Morgan fingerprint density at radius 2 is 2.00 bits per heavy atom. The van der Waals surface area contributed by atoms with Crippen molar-refractivity contribution in [2.75, 3.05) is 24.5 Å². The van der Waals surface area contributed by atoms with Gasteiger partial charge in [0.25, 0.3) is 0 Å². The Labute approximate surface area is 153 Å². The minimum Gasteiger partial charge on any atom is -0.495 e. The molecule has 0 radical (unpaired) electrons. The van der Waals surface area contributed by atoms with Crippen molar-refractivity contribution in [3.05, 3.63) is 47.8 Å². The van der Waals surface area contributed by atoms with Crippen LogP contribution in [-0.2, 0) is 0 Å². The zero-order valence-electron chi connectivity index (χ0n) is 13.8. The van der Waals surface area contributed by atoms with Gasteiger partial charge in [-0.05, 0) is 30.3 Å². The Morgan fingerprint density at radius 1 is 1.15 bits per heavy atom. The minimum absolute atomic E-state index is 0.228. The molecule has 0 spiro atoms. The molecule has 26 heavy (non-hydrogen) atoms. The fraction of sp³-hybridized carbons (Fsp3) is 0.111. The summed E-state index contributed by atoms with van der Waals surface area (Å²) in [6.45, 7) is 0.228. The van der Waals surface area contributed by atoms with Crippen LogP contribution in [0.2, 0.25) is 0 Å². The molecule has 0 saturated heterocycles. The van der Waals surface area contributed by atoms with Crippen molar-refractivity contribution < 1.29 is 19.0 Å². The van der Waals surface area contributed by atoms with Gasteiger partial charge in [0.05, 0.1) is 18.5 Å². The fourth-order valence-corrected chi connectivity index (χ4v) is 3.23. The Balaban J connectivity index is 1.46. The van der Waals surface area contributed by atoms with E-state index in [2.05, 4.69) is 15.6 Å². The predicted octanol–water partition coefficient (Wildman–Crippen LogP) is 4.19. The third-order valence-corrected chi connectivity index (χ3v) is 4.51. The smallest absolute Gasteiger partial charge is 0.325 e. The number of carbonyl (C=O) groups excluding carboxylic acids is 1. The van der Waals surface area contributed by atoms with Gasteiger partial charge in [0.2, 0.25) is 6.79 Å². The number of hydrogen-bond acceptors (Lipinski definition) is 6. The normalized spacial score (nSPS) is 11.9. The highest BCUT2D eigenvalue weighted by Crippen LogP contribution is 2.36. The maximum atomic E-state index is 12.2. The number of nitrogens with zero attached hydrogens (tertiary/aromatic N) is 1. The summed E-state index contributed by atoms with van der Waals surface area (Å²) in [5.74, 6) is 2.00. The molecule has 4 rings (SSSR count). The third-order valence-electron chi connectivity index (χ3n) is 3.75. The number of methoxy groups -OCH3 is 1. The van der Waals surface area contributed by atoms with E-state index in [0.717, 1.165) is 17.0 Å². The van der Waals surface area contributed by atoms with Crippen molar-refractivity contribution in [3.8, 4) is 28.5 Å². The molecule has 0 fully saturated rings. The molecular weight excluding hydrogens is 354 g/mol. The zero-order chi connectivity index (χ0) is 17.9. The zero-order valence-corrected chi connectivity index (χ0v) is 14.6. The summed E-state index contributed by atoms with van der Waals surface area (Å²) >= 11 is 1.34. The van der Waals surface area contributed by atoms with Crippen LogP contribution in [0.1, 0.15) is 0 Å². The molecule has 8 heteroatoms. The monoisotopic (exact) mass is 369 g/mol. The second-order valence-electron chi connectivity index (χ2n) is 5.39. The maximum absolute atomic E-state index is 12.2. The summed E-state index contributed by atoms with van der Waals surface area (Å²) in [6.07, 6.45) is 0. The number of para-hydroxylation sites is 2. The molecule has 2 N–H and O–H groups in total. The van der Waals surface area contributed by atoms with E-state index in [0.29, 0.717) is 22.3 Å². The highest BCUT2D eigenvalue weighted by molar-refractivity contribution is 7.14. The van der Waals surface area contributed by atoms with Gasteiger partial charge in [-0.3, -0.25) is 5.32 Å². The van der Waals surface area contributed by atoms with Gasteiger partial charge in [0.1, 0.15) is 5.75 Å².